The molecule has 0 saturated heterocycles. The van der Waals surface area contributed by atoms with Crippen molar-refractivity contribution in [3.05, 3.63) is 81.4 Å². The van der Waals surface area contributed by atoms with Gasteiger partial charge in [-0.25, -0.2) is 0 Å². The van der Waals surface area contributed by atoms with E-state index < -0.39 is 6.29 Å². The molecule has 0 amide bonds. The van der Waals surface area contributed by atoms with Crippen LogP contribution < -0.4 is 4.74 Å². The van der Waals surface area contributed by atoms with Crippen LogP contribution in [0, 0.1) is 17.0 Å². The number of hydrogen-bond acceptors (Lipinski definition) is 7. The van der Waals surface area contributed by atoms with Crippen LogP contribution in [0.3, 0.4) is 0 Å². The Morgan fingerprint density at radius 2 is 1.79 bits per heavy atom. The third kappa shape index (κ3) is 5.49. The van der Waals surface area contributed by atoms with Gasteiger partial charge in [0, 0.05) is 65.1 Å². The molecule has 0 saturated carbocycles. The molecule has 0 radical (unpaired) electrons. The smallest absolute Gasteiger partial charge is 0.270 e. The Balaban J connectivity index is 1.86. The Bertz CT molecular complexity index is 1490. The molecule has 9 nitrogen and oxygen atoms in total. The second-order valence-corrected chi connectivity index (χ2v) is 9.20. The van der Waals surface area contributed by atoms with Crippen molar-refractivity contribution >= 4 is 33.2 Å². The van der Waals surface area contributed by atoms with E-state index in [1.54, 1.807) is 26.2 Å². The third-order valence-corrected chi connectivity index (χ3v) is 6.46. The fourth-order valence-electron chi connectivity index (χ4n) is 4.62. The second-order valence-electron chi connectivity index (χ2n) is 9.20. The molecular weight excluding hydrogens is 486 g/mol. The van der Waals surface area contributed by atoms with Crippen LogP contribution in [-0.4, -0.2) is 46.4 Å². The minimum atomic E-state index is -1.05. The molecule has 0 aliphatic heterocycles. The van der Waals surface area contributed by atoms with Crippen molar-refractivity contribution in [1.82, 2.24) is 4.57 Å². The predicted molar refractivity (Wildman–Crippen MR) is 148 cm³/mol. The highest BCUT2D eigenvalue weighted by Crippen LogP contribution is 2.33. The van der Waals surface area contributed by atoms with Gasteiger partial charge in [0.1, 0.15) is 17.6 Å². The average molecular weight is 520 g/mol. The molecule has 0 aliphatic carbocycles. The largest absolute Gasteiger partial charge is 0.488 e. The lowest BCUT2D eigenvalue weighted by Crippen LogP contribution is -2.18. The van der Waals surface area contributed by atoms with E-state index in [0.29, 0.717) is 31.0 Å². The highest BCUT2D eigenvalue weighted by molar-refractivity contribution is 6.17. The first-order chi connectivity index (χ1) is 18.3. The lowest BCUT2D eigenvalue weighted by atomic mass is 9.96. The van der Waals surface area contributed by atoms with Gasteiger partial charge in [-0.3, -0.25) is 10.1 Å². The van der Waals surface area contributed by atoms with Gasteiger partial charge in [0.2, 0.25) is 6.29 Å². The number of nitro benzene ring substituents is 1. The van der Waals surface area contributed by atoms with Gasteiger partial charge in [-0.2, -0.15) is 0 Å². The number of aromatic nitrogens is 1. The summed E-state index contributed by atoms with van der Waals surface area (Å²) in [5, 5.41) is 27.6. The zero-order valence-electron chi connectivity index (χ0n) is 22.3. The lowest BCUT2D eigenvalue weighted by Gasteiger charge is -2.16. The van der Waals surface area contributed by atoms with Gasteiger partial charge >= 0.3 is 0 Å². The molecule has 2 atom stereocenters. The molecule has 0 spiro atoms. The van der Waals surface area contributed by atoms with Crippen molar-refractivity contribution in [1.29, 1.82) is 0 Å². The minimum Gasteiger partial charge on any atom is -0.488 e. The normalized spacial score (nSPS) is 13.6. The molecule has 1 aromatic heterocycles. The number of ether oxygens (including phenoxy) is 2. The zero-order valence-corrected chi connectivity index (χ0v) is 22.3. The molecule has 0 bridgehead atoms. The van der Waals surface area contributed by atoms with Gasteiger partial charge < -0.3 is 24.0 Å². The number of non-ortho nitro benzene ring substituents is 1. The number of nitrogens with zero attached hydrogens (tertiary/aromatic N) is 3. The van der Waals surface area contributed by atoms with E-state index in [1.165, 1.54) is 6.07 Å². The Kier molecular flexibility index (Phi) is 8.29. The maximum absolute atomic E-state index is 11.5. The topological polar surface area (TPSA) is 108 Å². The SMILES string of the molecule is CCC(O)O/N=C(/c1ccc2c(c1)c1cc([N+](=O)[O-])ccc1n2CC)c1ccc(OC(C)COC)cc1C. The maximum Gasteiger partial charge on any atom is 0.270 e. The van der Waals surface area contributed by atoms with Gasteiger partial charge in [0.25, 0.3) is 5.69 Å². The summed E-state index contributed by atoms with van der Waals surface area (Å²) in [6.45, 7) is 8.93. The molecule has 200 valence electrons. The van der Waals surface area contributed by atoms with Crippen molar-refractivity contribution in [2.45, 2.75) is 53.1 Å². The van der Waals surface area contributed by atoms with Crippen LogP contribution in [0.15, 0.2) is 59.8 Å². The fourth-order valence-corrected chi connectivity index (χ4v) is 4.62. The molecule has 2 unspecified atom stereocenters. The fraction of sp³-hybridized carbons (Fsp3) is 0.345. The predicted octanol–water partition coefficient (Wildman–Crippen LogP) is 5.94. The van der Waals surface area contributed by atoms with Crippen molar-refractivity contribution in [2.75, 3.05) is 13.7 Å². The van der Waals surface area contributed by atoms with E-state index >= 15 is 0 Å². The Hall–Kier alpha value is -3.95. The average Bonchev–Trinajstić information content (AvgIpc) is 3.22. The van der Waals surface area contributed by atoms with Crippen LogP contribution in [-0.2, 0) is 16.1 Å². The number of methoxy groups -OCH3 is 1. The van der Waals surface area contributed by atoms with Gasteiger partial charge in [-0.05, 0) is 62.7 Å². The minimum absolute atomic E-state index is 0.0375. The van der Waals surface area contributed by atoms with Crippen LogP contribution >= 0.6 is 0 Å². The highest BCUT2D eigenvalue weighted by atomic mass is 16.7. The summed E-state index contributed by atoms with van der Waals surface area (Å²) in [5.74, 6) is 0.707. The van der Waals surface area contributed by atoms with Crippen LogP contribution in [0.25, 0.3) is 21.8 Å². The molecular formula is C29H33N3O6. The first kappa shape index (κ1) is 27.1. The summed E-state index contributed by atoms with van der Waals surface area (Å²) in [4.78, 5) is 16.5. The van der Waals surface area contributed by atoms with E-state index in [9.17, 15) is 15.2 Å². The van der Waals surface area contributed by atoms with Crippen molar-refractivity contribution in [3.63, 3.8) is 0 Å². The molecule has 9 heteroatoms. The van der Waals surface area contributed by atoms with Gasteiger partial charge in [0.05, 0.1) is 11.5 Å². The van der Waals surface area contributed by atoms with Gasteiger partial charge in [-0.15, -0.1) is 0 Å². The standard InChI is InChI=1S/C29H33N3O6/c1-6-28(33)38-30-29(23-11-10-22(14-18(23)3)37-19(4)17-36-5)20-8-12-26-24(15-20)25-16-21(32(34)35)9-13-27(25)31(26)7-2/h8-16,19,28,33H,6-7,17H2,1-5H3/b30-29-. The monoisotopic (exact) mass is 519 g/mol. The molecule has 0 aliphatic rings. The Morgan fingerprint density at radius 3 is 2.42 bits per heavy atom. The Morgan fingerprint density at radius 1 is 1.08 bits per heavy atom. The molecule has 38 heavy (non-hydrogen) atoms. The first-order valence-corrected chi connectivity index (χ1v) is 12.7. The van der Waals surface area contributed by atoms with Crippen LogP contribution in [0.2, 0.25) is 0 Å². The summed E-state index contributed by atoms with van der Waals surface area (Å²) in [6, 6.07) is 16.6. The van der Waals surface area contributed by atoms with E-state index in [-0.39, 0.29) is 16.7 Å². The third-order valence-electron chi connectivity index (χ3n) is 6.46. The van der Waals surface area contributed by atoms with Crippen LogP contribution in [0.1, 0.15) is 43.9 Å². The van der Waals surface area contributed by atoms with Crippen molar-refractivity contribution in [2.24, 2.45) is 5.16 Å². The van der Waals surface area contributed by atoms with E-state index in [0.717, 1.165) is 38.5 Å². The Labute approximate surface area is 221 Å². The number of nitro groups is 1. The number of oxime groups is 1. The summed E-state index contributed by atoms with van der Waals surface area (Å²) >= 11 is 0. The lowest BCUT2D eigenvalue weighted by molar-refractivity contribution is -0.384. The summed E-state index contributed by atoms with van der Waals surface area (Å²) in [7, 11) is 1.63. The number of rotatable bonds is 11. The molecule has 4 rings (SSSR count). The number of benzene rings is 3. The number of fused-ring (bicyclic) bond motifs is 3. The van der Waals surface area contributed by atoms with Crippen molar-refractivity contribution < 1.29 is 24.3 Å². The quantitative estimate of drug-likeness (QED) is 0.114. The van der Waals surface area contributed by atoms with E-state index in [2.05, 4.69) is 9.72 Å². The summed E-state index contributed by atoms with van der Waals surface area (Å²) in [6.07, 6.45) is -0.771. The molecule has 0 fully saturated rings. The van der Waals surface area contributed by atoms with Crippen molar-refractivity contribution in [3.8, 4) is 5.75 Å². The van der Waals surface area contributed by atoms with E-state index in [4.69, 9.17) is 14.3 Å². The van der Waals surface area contributed by atoms with Crippen LogP contribution in [0.5, 0.6) is 5.75 Å². The number of hydrogen-bond donors (Lipinski definition) is 1. The highest BCUT2D eigenvalue weighted by Gasteiger charge is 2.18. The maximum atomic E-state index is 11.5. The van der Waals surface area contributed by atoms with Gasteiger partial charge in [-0.1, -0.05) is 18.1 Å². The number of aryl methyl sites for hydroxylation is 2. The first-order valence-electron chi connectivity index (χ1n) is 12.7. The molecule has 1 heterocycles. The number of aliphatic hydroxyl groups excluding tert-OH is 1. The summed E-state index contributed by atoms with van der Waals surface area (Å²) < 4.78 is 13.2. The molecule has 3 aromatic carbocycles. The zero-order chi connectivity index (χ0) is 27.4. The molecule has 4 aromatic rings. The van der Waals surface area contributed by atoms with E-state index in [1.807, 2.05) is 57.2 Å². The second kappa shape index (κ2) is 11.6. The number of aliphatic hydroxyl groups is 1. The van der Waals surface area contributed by atoms with Gasteiger partial charge in [0.15, 0.2) is 0 Å². The van der Waals surface area contributed by atoms with Crippen LogP contribution in [0.4, 0.5) is 5.69 Å². The summed E-state index contributed by atoms with van der Waals surface area (Å²) in [5.41, 5.74) is 4.94. The molecule has 1 N–H and O–H groups in total.